The first-order valence-corrected chi connectivity index (χ1v) is 7.71. The fourth-order valence-corrected chi connectivity index (χ4v) is 2.89. The Hall–Kier alpha value is -2.14. The van der Waals surface area contributed by atoms with Gasteiger partial charge in [-0.1, -0.05) is 0 Å². The number of pyridine rings is 1. The minimum atomic E-state index is -0.0588. The number of nitrogens with zero attached hydrogens (tertiary/aromatic N) is 1. The summed E-state index contributed by atoms with van der Waals surface area (Å²) in [7, 11) is 0. The lowest BCUT2D eigenvalue weighted by Gasteiger charge is -2.27. The zero-order valence-corrected chi connectivity index (χ0v) is 12.7. The second-order valence-corrected chi connectivity index (χ2v) is 5.89. The number of furan rings is 1. The van der Waals surface area contributed by atoms with Crippen LogP contribution in [0.4, 0.5) is 0 Å². The first kappa shape index (κ1) is 14.8. The van der Waals surface area contributed by atoms with Gasteiger partial charge in [0.25, 0.3) is 5.91 Å². The van der Waals surface area contributed by atoms with Crippen LogP contribution in [-0.4, -0.2) is 23.0 Å². The van der Waals surface area contributed by atoms with Crippen molar-refractivity contribution in [3.63, 3.8) is 0 Å². The molecule has 5 heteroatoms. The van der Waals surface area contributed by atoms with Crippen LogP contribution in [0.25, 0.3) is 11.5 Å². The van der Waals surface area contributed by atoms with Gasteiger partial charge in [0.1, 0.15) is 5.69 Å². The Bertz CT molecular complexity index is 644. The van der Waals surface area contributed by atoms with Crippen molar-refractivity contribution >= 4 is 5.91 Å². The first-order chi connectivity index (χ1) is 10.6. The van der Waals surface area contributed by atoms with Gasteiger partial charge in [-0.25, -0.2) is 4.98 Å². The van der Waals surface area contributed by atoms with Gasteiger partial charge in [-0.05, 0) is 56.9 Å². The highest BCUT2D eigenvalue weighted by atomic mass is 16.3. The van der Waals surface area contributed by atoms with Crippen LogP contribution in [0.15, 0.2) is 34.9 Å². The zero-order chi connectivity index (χ0) is 15.5. The van der Waals surface area contributed by atoms with E-state index in [2.05, 4.69) is 10.3 Å². The van der Waals surface area contributed by atoms with Crippen LogP contribution < -0.4 is 11.1 Å². The van der Waals surface area contributed by atoms with Crippen LogP contribution in [0.3, 0.4) is 0 Å². The number of carbonyl (C=O) groups excluding carboxylic acids is 1. The lowest BCUT2D eigenvalue weighted by atomic mass is 9.91. The third kappa shape index (κ3) is 3.20. The largest absolute Gasteiger partial charge is 0.463 e. The number of hydrogen-bond donors (Lipinski definition) is 2. The molecular formula is C17H21N3O2. The Labute approximate surface area is 129 Å². The molecule has 0 aliphatic heterocycles. The molecule has 1 saturated carbocycles. The molecule has 2 heterocycles. The molecule has 0 spiro atoms. The van der Waals surface area contributed by atoms with Gasteiger partial charge in [0.05, 0.1) is 17.5 Å². The zero-order valence-electron chi connectivity index (χ0n) is 12.7. The van der Waals surface area contributed by atoms with E-state index in [0.717, 1.165) is 31.4 Å². The molecule has 5 nitrogen and oxygen atoms in total. The number of rotatable bonds is 3. The Morgan fingerprint density at radius 2 is 2.05 bits per heavy atom. The third-order valence-electron chi connectivity index (χ3n) is 4.21. The lowest BCUT2D eigenvalue weighted by Crippen LogP contribution is -2.40. The molecule has 3 rings (SSSR count). The molecule has 0 radical (unpaired) electrons. The molecule has 0 bridgehead atoms. The fraction of sp³-hybridized carbons (Fsp3) is 0.412. The molecule has 2 aromatic heterocycles. The minimum Gasteiger partial charge on any atom is -0.463 e. The average molecular weight is 299 g/mol. The molecule has 0 unspecified atom stereocenters. The normalized spacial score (nSPS) is 21.5. The summed E-state index contributed by atoms with van der Waals surface area (Å²) in [5.41, 5.74) is 7.96. The van der Waals surface area contributed by atoms with E-state index in [0.29, 0.717) is 17.0 Å². The van der Waals surface area contributed by atoms with Gasteiger partial charge in [0.15, 0.2) is 5.76 Å². The molecule has 0 aromatic carbocycles. The van der Waals surface area contributed by atoms with Crippen LogP contribution in [0.1, 0.15) is 41.7 Å². The van der Waals surface area contributed by atoms with Crippen LogP contribution in [0, 0.1) is 6.92 Å². The van der Waals surface area contributed by atoms with Gasteiger partial charge in [0.2, 0.25) is 0 Å². The highest BCUT2D eigenvalue weighted by Crippen LogP contribution is 2.21. The highest BCUT2D eigenvalue weighted by Gasteiger charge is 2.21. The van der Waals surface area contributed by atoms with Crippen molar-refractivity contribution in [3.05, 3.63) is 41.8 Å². The molecule has 3 N–H and O–H groups in total. The van der Waals surface area contributed by atoms with E-state index in [9.17, 15) is 4.79 Å². The number of hydrogen-bond acceptors (Lipinski definition) is 4. The maximum absolute atomic E-state index is 12.4. The second kappa shape index (κ2) is 6.32. The quantitative estimate of drug-likeness (QED) is 0.913. The summed E-state index contributed by atoms with van der Waals surface area (Å²) in [5, 5.41) is 3.09. The number of nitrogens with two attached hydrogens (primary N) is 1. The van der Waals surface area contributed by atoms with Crippen molar-refractivity contribution in [2.75, 3.05) is 0 Å². The first-order valence-electron chi connectivity index (χ1n) is 7.71. The summed E-state index contributed by atoms with van der Waals surface area (Å²) in [6, 6.07) is 7.80. The predicted octanol–water partition coefficient (Wildman–Crippen LogP) is 2.65. The molecule has 0 saturated heterocycles. The molecule has 116 valence electrons. The van der Waals surface area contributed by atoms with Gasteiger partial charge in [-0.15, -0.1) is 0 Å². The molecule has 1 aliphatic rings. The lowest BCUT2D eigenvalue weighted by molar-refractivity contribution is 0.0925. The molecule has 22 heavy (non-hydrogen) atoms. The summed E-state index contributed by atoms with van der Waals surface area (Å²) in [6.07, 6.45) is 5.45. The summed E-state index contributed by atoms with van der Waals surface area (Å²) in [6.45, 7) is 1.85. The molecule has 1 fully saturated rings. The van der Waals surface area contributed by atoms with E-state index in [1.54, 1.807) is 6.26 Å². The number of aryl methyl sites for hydroxylation is 1. The van der Waals surface area contributed by atoms with E-state index in [1.165, 1.54) is 0 Å². The summed E-state index contributed by atoms with van der Waals surface area (Å²) in [5.74, 6) is 0.646. The highest BCUT2D eigenvalue weighted by molar-refractivity contribution is 5.95. The SMILES string of the molecule is Cc1nc(-c2ccco2)ccc1C(=O)NC1CCC(N)CC1. The second-order valence-electron chi connectivity index (χ2n) is 5.89. The standard InChI is InChI=1S/C17H21N3O2/c1-11-14(8-9-15(19-11)16-3-2-10-22-16)17(21)20-13-6-4-12(18)5-7-13/h2-3,8-10,12-13H,4-7,18H2,1H3,(H,20,21). The van der Waals surface area contributed by atoms with Crippen molar-refractivity contribution in [2.24, 2.45) is 5.73 Å². The minimum absolute atomic E-state index is 0.0588. The van der Waals surface area contributed by atoms with Gasteiger partial charge < -0.3 is 15.5 Å². The average Bonchev–Trinajstić information content (AvgIpc) is 3.03. The van der Waals surface area contributed by atoms with Gasteiger partial charge in [-0.3, -0.25) is 4.79 Å². The maximum atomic E-state index is 12.4. The van der Waals surface area contributed by atoms with Crippen LogP contribution in [0.5, 0.6) is 0 Å². The van der Waals surface area contributed by atoms with Crippen molar-refractivity contribution in [2.45, 2.75) is 44.7 Å². The Kier molecular flexibility index (Phi) is 4.24. The monoisotopic (exact) mass is 299 g/mol. The Morgan fingerprint density at radius 3 is 2.68 bits per heavy atom. The molecule has 2 aromatic rings. The summed E-state index contributed by atoms with van der Waals surface area (Å²) in [4.78, 5) is 16.9. The van der Waals surface area contributed by atoms with Crippen molar-refractivity contribution in [1.82, 2.24) is 10.3 Å². The van der Waals surface area contributed by atoms with Crippen molar-refractivity contribution < 1.29 is 9.21 Å². The van der Waals surface area contributed by atoms with Crippen LogP contribution in [-0.2, 0) is 0 Å². The van der Waals surface area contributed by atoms with Crippen LogP contribution >= 0.6 is 0 Å². The van der Waals surface area contributed by atoms with Crippen molar-refractivity contribution in [1.29, 1.82) is 0 Å². The number of nitrogens with one attached hydrogen (secondary N) is 1. The van der Waals surface area contributed by atoms with Crippen LogP contribution in [0.2, 0.25) is 0 Å². The van der Waals surface area contributed by atoms with E-state index in [-0.39, 0.29) is 18.0 Å². The number of aromatic nitrogens is 1. The van der Waals surface area contributed by atoms with E-state index in [1.807, 2.05) is 31.2 Å². The van der Waals surface area contributed by atoms with E-state index in [4.69, 9.17) is 10.2 Å². The maximum Gasteiger partial charge on any atom is 0.253 e. The van der Waals surface area contributed by atoms with E-state index >= 15 is 0 Å². The van der Waals surface area contributed by atoms with Gasteiger partial charge in [0, 0.05) is 12.1 Å². The van der Waals surface area contributed by atoms with Crippen molar-refractivity contribution in [3.8, 4) is 11.5 Å². The Balaban J connectivity index is 1.70. The molecular weight excluding hydrogens is 278 g/mol. The molecule has 1 aliphatic carbocycles. The number of carbonyl (C=O) groups is 1. The van der Waals surface area contributed by atoms with Gasteiger partial charge >= 0.3 is 0 Å². The van der Waals surface area contributed by atoms with E-state index < -0.39 is 0 Å². The molecule has 0 atom stereocenters. The topological polar surface area (TPSA) is 81.2 Å². The summed E-state index contributed by atoms with van der Waals surface area (Å²) < 4.78 is 5.33. The third-order valence-corrected chi connectivity index (χ3v) is 4.21. The van der Waals surface area contributed by atoms with Gasteiger partial charge in [-0.2, -0.15) is 0 Å². The smallest absolute Gasteiger partial charge is 0.253 e. The fourth-order valence-electron chi connectivity index (χ4n) is 2.89. The number of amides is 1. The predicted molar refractivity (Wildman–Crippen MR) is 84.4 cm³/mol. The molecule has 1 amide bonds. The summed E-state index contributed by atoms with van der Waals surface area (Å²) >= 11 is 0. The Morgan fingerprint density at radius 1 is 1.27 bits per heavy atom.